The lowest BCUT2D eigenvalue weighted by molar-refractivity contribution is 0.423. The van der Waals surface area contributed by atoms with Crippen molar-refractivity contribution >= 4 is 11.6 Å². The zero-order valence-corrected chi connectivity index (χ0v) is 6.27. The van der Waals surface area contributed by atoms with Gasteiger partial charge < -0.3 is 9.84 Å². The van der Waals surface area contributed by atoms with E-state index in [9.17, 15) is 0 Å². The van der Waals surface area contributed by atoms with Gasteiger partial charge in [0, 0.05) is 12.3 Å². The maximum atomic E-state index is 4.65. The predicted molar refractivity (Wildman–Crippen MR) is 44.0 cm³/mol. The number of nitrogens with one attached hydrogen (secondary N) is 1. The maximum Gasteiger partial charge on any atom is 0.174 e. The van der Waals surface area contributed by atoms with Crippen LogP contribution in [0.5, 0.6) is 0 Å². The largest absolute Gasteiger partial charge is 0.363 e. The molecule has 0 saturated heterocycles. The third kappa shape index (κ3) is 1.42. The number of pyridine rings is 1. The molecule has 2 heterocycles. The molecule has 0 unspecified atom stereocenters. The highest BCUT2D eigenvalue weighted by atomic mass is 16.5. The molecule has 0 atom stereocenters. The van der Waals surface area contributed by atoms with Gasteiger partial charge in [0.15, 0.2) is 5.82 Å². The Morgan fingerprint density at radius 2 is 2.17 bits per heavy atom. The fourth-order valence-corrected chi connectivity index (χ4v) is 0.845. The van der Waals surface area contributed by atoms with Gasteiger partial charge in [0.05, 0.1) is 0 Å². The molecule has 2 aromatic heterocycles. The summed E-state index contributed by atoms with van der Waals surface area (Å²) in [5.74, 6) is 1.42. The van der Waals surface area contributed by atoms with E-state index in [2.05, 4.69) is 20.0 Å². The molecule has 2 rings (SSSR count). The van der Waals surface area contributed by atoms with Gasteiger partial charge in [-0.05, 0) is 12.1 Å². The summed E-state index contributed by atoms with van der Waals surface area (Å²) in [6.45, 7) is 0. The number of rotatable bonds is 2. The van der Waals surface area contributed by atoms with Crippen LogP contribution in [0.15, 0.2) is 41.2 Å². The second-order valence-corrected chi connectivity index (χ2v) is 2.22. The first-order valence-electron chi connectivity index (χ1n) is 3.53. The molecule has 0 saturated carbocycles. The van der Waals surface area contributed by atoms with E-state index in [1.54, 1.807) is 12.3 Å². The zero-order valence-electron chi connectivity index (χ0n) is 6.27. The van der Waals surface area contributed by atoms with Crippen molar-refractivity contribution in [3.05, 3.63) is 36.7 Å². The molecule has 1 N–H and O–H groups in total. The number of aromatic nitrogens is 2. The summed E-state index contributed by atoms with van der Waals surface area (Å²) in [6, 6.07) is 7.34. The summed E-state index contributed by atoms with van der Waals surface area (Å²) in [6.07, 6.45) is 3.22. The summed E-state index contributed by atoms with van der Waals surface area (Å²) in [7, 11) is 0. The van der Waals surface area contributed by atoms with E-state index in [4.69, 9.17) is 0 Å². The normalized spacial score (nSPS) is 9.67. The monoisotopic (exact) mass is 161 g/mol. The summed E-state index contributed by atoms with van der Waals surface area (Å²) in [5, 5.41) is 6.65. The molecule has 0 fully saturated rings. The van der Waals surface area contributed by atoms with Gasteiger partial charge in [-0.2, -0.15) is 0 Å². The highest BCUT2D eigenvalue weighted by Gasteiger charge is 1.95. The van der Waals surface area contributed by atoms with Crippen LogP contribution in [0.2, 0.25) is 0 Å². The standard InChI is InChI=1S/C8H7N3O/c1-2-5-9-7(3-1)10-8-4-6-12-11-8/h1-6H,(H,9,10,11). The molecule has 0 amide bonds. The summed E-state index contributed by atoms with van der Waals surface area (Å²) >= 11 is 0. The number of nitrogens with zero attached hydrogens (tertiary/aromatic N) is 2. The van der Waals surface area contributed by atoms with Crippen LogP contribution in [-0.4, -0.2) is 10.1 Å². The Kier molecular flexibility index (Phi) is 1.74. The van der Waals surface area contributed by atoms with Crippen LogP contribution in [0, 0.1) is 0 Å². The van der Waals surface area contributed by atoms with Gasteiger partial charge in [0.2, 0.25) is 0 Å². The fourth-order valence-electron chi connectivity index (χ4n) is 0.845. The molecule has 4 nitrogen and oxygen atoms in total. The van der Waals surface area contributed by atoms with E-state index in [0.717, 1.165) is 5.82 Å². The predicted octanol–water partition coefficient (Wildman–Crippen LogP) is 1.81. The van der Waals surface area contributed by atoms with Crippen molar-refractivity contribution in [3.63, 3.8) is 0 Å². The summed E-state index contributed by atoms with van der Waals surface area (Å²) in [5.41, 5.74) is 0. The van der Waals surface area contributed by atoms with Crippen LogP contribution in [0.1, 0.15) is 0 Å². The molecule has 0 aliphatic heterocycles. The SMILES string of the molecule is c1ccc(Nc2ccon2)nc1. The van der Waals surface area contributed by atoms with Crippen molar-refractivity contribution < 1.29 is 4.52 Å². The van der Waals surface area contributed by atoms with E-state index >= 15 is 0 Å². The molecule has 0 spiro atoms. The summed E-state index contributed by atoms with van der Waals surface area (Å²) in [4.78, 5) is 4.06. The average molecular weight is 161 g/mol. The minimum atomic E-state index is 0.661. The van der Waals surface area contributed by atoms with Crippen molar-refractivity contribution in [3.8, 4) is 0 Å². The molecule has 0 aliphatic carbocycles. The van der Waals surface area contributed by atoms with E-state index in [1.165, 1.54) is 6.26 Å². The molecule has 2 aromatic rings. The van der Waals surface area contributed by atoms with Crippen LogP contribution in [0.4, 0.5) is 11.6 Å². The van der Waals surface area contributed by atoms with Crippen LogP contribution in [0.3, 0.4) is 0 Å². The Balaban J connectivity index is 2.15. The van der Waals surface area contributed by atoms with Crippen molar-refractivity contribution in [2.45, 2.75) is 0 Å². The Bertz CT molecular complexity index is 330. The number of hydrogen-bond acceptors (Lipinski definition) is 4. The lowest BCUT2D eigenvalue weighted by Gasteiger charge is -1.97. The molecule has 0 bridgehead atoms. The van der Waals surface area contributed by atoms with E-state index in [1.807, 2.05) is 18.2 Å². The van der Waals surface area contributed by atoms with Crippen molar-refractivity contribution in [2.75, 3.05) is 5.32 Å². The Labute approximate surface area is 69.2 Å². The van der Waals surface area contributed by atoms with Gasteiger partial charge in [-0.25, -0.2) is 4.98 Å². The van der Waals surface area contributed by atoms with Crippen LogP contribution in [0.25, 0.3) is 0 Å². The van der Waals surface area contributed by atoms with Crippen LogP contribution < -0.4 is 5.32 Å². The molecule has 0 radical (unpaired) electrons. The Morgan fingerprint density at radius 3 is 2.83 bits per heavy atom. The molecule has 4 heteroatoms. The highest BCUT2D eigenvalue weighted by molar-refractivity contribution is 5.49. The second-order valence-electron chi connectivity index (χ2n) is 2.22. The minimum Gasteiger partial charge on any atom is -0.363 e. The first kappa shape index (κ1) is 6.84. The topological polar surface area (TPSA) is 51.0 Å². The molecule has 12 heavy (non-hydrogen) atoms. The Hall–Kier alpha value is -1.84. The molecule has 0 aliphatic rings. The van der Waals surface area contributed by atoms with Crippen LogP contribution >= 0.6 is 0 Å². The third-order valence-corrected chi connectivity index (χ3v) is 1.36. The van der Waals surface area contributed by atoms with Crippen molar-refractivity contribution in [1.82, 2.24) is 10.1 Å². The smallest absolute Gasteiger partial charge is 0.174 e. The highest BCUT2D eigenvalue weighted by Crippen LogP contribution is 2.09. The molecule has 0 aromatic carbocycles. The van der Waals surface area contributed by atoms with Gasteiger partial charge in [0.25, 0.3) is 0 Å². The van der Waals surface area contributed by atoms with Crippen molar-refractivity contribution in [1.29, 1.82) is 0 Å². The van der Waals surface area contributed by atoms with Gasteiger partial charge in [0.1, 0.15) is 12.1 Å². The minimum absolute atomic E-state index is 0.661. The third-order valence-electron chi connectivity index (χ3n) is 1.36. The van der Waals surface area contributed by atoms with E-state index < -0.39 is 0 Å². The molecular weight excluding hydrogens is 154 g/mol. The van der Waals surface area contributed by atoms with Gasteiger partial charge in [-0.3, -0.25) is 0 Å². The second kappa shape index (κ2) is 3.04. The van der Waals surface area contributed by atoms with E-state index in [-0.39, 0.29) is 0 Å². The first-order chi connectivity index (χ1) is 5.95. The lowest BCUT2D eigenvalue weighted by Crippen LogP contribution is -1.91. The van der Waals surface area contributed by atoms with E-state index in [0.29, 0.717) is 5.82 Å². The molecule has 60 valence electrons. The van der Waals surface area contributed by atoms with Crippen LogP contribution in [-0.2, 0) is 0 Å². The number of hydrogen-bond donors (Lipinski definition) is 1. The quantitative estimate of drug-likeness (QED) is 0.729. The zero-order chi connectivity index (χ0) is 8.23. The average Bonchev–Trinajstić information content (AvgIpc) is 2.59. The maximum absolute atomic E-state index is 4.65. The lowest BCUT2D eigenvalue weighted by atomic mass is 10.4. The van der Waals surface area contributed by atoms with Gasteiger partial charge in [-0.15, -0.1) is 0 Å². The fraction of sp³-hybridized carbons (Fsp3) is 0. The number of anilines is 2. The Morgan fingerprint density at radius 1 is 1.17 bits per heavy atom. The van der Waals surface area contributed by atoms with Crippen molar-refractivity contribution in [2.24, 2.45) is 0 Å². The van der Waals surface area contributed by atoms with Gasteiger partial charge >= 0.3 is 0 Å². The summed E-state index contributed by atoms with van der Waals surface area (Å²) < 4.78 is 4.65. The molecular formula is C8H7N3O. The first-order valence-corrected chi connectivity index (χ1v) is 3.53. The van der Waals surface area contributed by atoms with Gasteiger partial charge in [-0.1, -0.05) is 11.2 Å².